The van der Waals surface area contributed by atoms with E-state index in [1.165, 1.54) is 18.1 Å². The zero-order chi connectivity index (χ0) is 16.8. The van der Waals surface area contributed by atoms with Crippen molar-refractivity contribution in [1.29, 1.82) is 0 Å². The second-order valence-electron chi connectivity index (χ2n) is 6.61. The summed E-state index contributed by atoms with van der Waals surface area (Å²) < 4.78 is 14.5. The van der Waals surface area contributed by atoms with Crippen LogP contribution in [0.1, 0.15) is 33.1 Å². The molecule has 1 aromatic carbocycles. The van der Waals surface area contributed by atoms with Crippen LogP contribution < -0.4 is 4.90 Å². The van der Waals surface area contributed by atoms with E-state index in [4.69, 9.17) is 9.98 Å². The molecule has 4 rings (SSSR count). The lowest BCUT2D eigenvalue weighted by molar-refractivity contribution is 0.345. The Labute approximate surface area is 149 Å². The lowest BCUT2D eigenvalue weighted by atomic mass is 10.1. The van der Waals surface area contributed by atoms with Gasteiger partial charge < -0.3 is 4.90 Å². The fourth-order valence-corrected chi connectivity index (χ4v) is 3.69. The van der Waals surface area contributed by atoms with Gasteiger partial charge in [0, 0.05) is 25.4 Å². The smallest absolute Gasteiger partial charge is 0.176 e. The standard InChI is InChI=1S/C18H20BrFN4/c1-11-10-24-16-8-13(19)14(20)9-15(16)22-17(18(24)21-12(11)2)23-6-4-3-5-7-23/h8-10,12H,3-7H2,1-2H3. The average Bonchev–Trinajstić information content (AvgIpc) is 2.58. The monoisotopic (exact) mass is 390 g/mol. The summed E-state index contributed by atoms with van der Waals surface area (Å²) in [5, 5.41) is 0. The lowest BCUT2D eigenvalue weighted by Crippen LogP contribution is -2.49. The minimum Gasteiger partial charge on any atom is -0.354 e. The zero-order valence-corrected chi connectivity index (χ0v) is 15.5. The van der Waals surface area contributed by atoms with Crippen molar-refractivity contribution in [2.24, 2.45) is 9.98 Å². The summed E-state index contributed by atoms with van der Waals surface area (Å²) in [5.74, 6) is 1.46. The quantitative estimate of drug-likeness (QED) is 0.646. The van der Waals surface area contributed by atoms with Gasteiger partial charge in [0.15, 0.2) is 11.7 Å². The third-order valence-electron chi connectivity index (χ3n) is 4.89. The van der Waals surface area contributed by atoms with Crippen LogP contribution in [-0.2, 0) is 0 Å². The first-order chi connectivity index (χ1) is 11.5. The van der Waals surface area contributed by atoms with Gasteiger partial charge in [0.2, 0.25) is 0 Å². The van der Waals surface area contributed by atoms with Gasteiger partial charge in [-0.3, -0.25) is 9.89 Å². The van der Waals surface area contributed by atoms with E-state index in [0.717, 1.165) is 43.3 Å². The highest BCUT2D eigenvalue weighted by molar-refractivity contribution is 9.10. The average molecular weight is 391 g/mol. The molecule has 3 heterocycles. The van der Waals surface area contributed by atoms with Crippen molar-refractivity contribution >= 4 is 39.0 Å². The molecule has 0 radical (unpaired) electrons. The Bertz CT molecular complexity index is 777. The summed E-state index contributed by atoms with van der Waals surface area (Å²) in [6, 6.07) is 3.43. The lowest BCUT2D eigenvalue weighted by Gasteiger charge is -2.38. The first-order valence-electron chi connectivity index (χ1n) is 8.43. The molecule has 3 aliphatic rings. The second kappa shape index (κ2) is 5.99. The van der Waals surface area contributed by atoms with Crippen molar-refractivity contribution in [2.75, 3.05) is 18.0 Å². The number of nitrogens with zero attached hydrogens (tertiary/aromatic N) is 4. The molecule has 0 N–H and O–H groups in total. The Morgan fingerprint density at radius 2 is 1.92 bits per heavy atom. The maximum atomic E-state index is 14.0. The Hall–Kier alpha value is -1.69. The fourth-order valence-electron chi connectivity index (χ4n) is 3.36. The third-order valence-corrected chi connectivity index (χ3v) is 5.50. The molecule has 6 heteroatoms. The highest BCUT2D eigenvalue weighted by atomic mass is 79.9. The summed E-state index contributed by atoms with van der Waals surface area (Å²) in [4.78, 5) is 14.0. The van der Waals surface area contributed by atoms with Gasteiger partial charge in [-0.2, -0.15) is 0 Å². The van der Waals surface area contributed by atoms with Crippen molar-refractivity contribution in [1.82, 2.24) is 4.90 Å². The highest BCUT2D eigenvalue weighted by Crippen LogP contribution is 2.39. The molecule has 0 saturated carbocycles. The molecular formula is C18H20BrFN4. The van der Waals surface area contributed by atoms with Crippen molar-refractivity contribution in [3.8, 4) is 0 Å². The SMILES string of the molecule is CC1=CN2C(=NC1C)C(N1CCCCC1)=Nc1cc(F)c(Br)cc12. The molecule has 0 amide bonds. The van der Waals surface area contributed by atoms with E-state index in [1.807, 2.05) is 0 Å². The minimum absolute atomic E-state index is 0.136. The second-order valence-corrected chi connectivity index (χ2v) is 7.46. The largest absolute Gasteiger partial charge is 0.354 e. The van der Waals surface area contributed by atoms with Crippen LogP contribution in [0.25, 0.3) is 0 Å². The van der Waals surface area contributed by atoms with Crippen LogP contribution in [0.3, 0.4) is 0 Å². The number of benzene rings is 1. The summed E-state index contributed by atoms with van der Waals surface area (Å²) >= 11 is 3.29. The summed E-state index contributed by atoms with van der Waals surface area (Å²) in [6.07, 6.45) is 5.69. The van der Waals surface area contributed by atoms with Crippen molar-refractivity contribution in [3.63, 3.8) is 0 Å². The van der Waals surface area contributed by atoms with Crippen LogP contribution in [0.2, 0.25) is 0 Å². The molecule has 1 fully saturated rings. The van der Waals surface area contributed by atoms with E-state index in [9.17, 15) is 4.39 Å². The van der Waals surface area contributed by atoms with Crippen LogP contribution in [0.15, 0.2) is 38.4 Å². The number of likely N-dealkylation sites (tertiary alicyclic amines) is 1. The normalized spacial score (nSPS) is 23.2. The molecule has 0 spiro atoms. The van der Waals surface area contributed by atoms with Gasteiger partial charge >= 0.3 is 0 Å². The molecule has 1 saturated heterocycles. The van der Waals surface area contributed by atoms with E-state index in [2.05, 4.69) is 45.8 Å². The van der Waals surface area contributed by atoms with Crippen LogP contribution in [0.5, 0.6) is 0 Å². The van der Waals surface area contributed by atoms with E-state index < -0.39 is 0 Å². The maximum absolute atomic E-state index is 14.0. The Balaban J connectivity index is 1.87. The maximum Gasteiger partial charge on any atom is 0.176 e. The van der Waals surface area contributed by atoms with Gasteiger partial charge in [0.05, 0.1) is 21.9 Å². The Kier molecular flexibility index (Phi) is 3.95. The summed E-state index contributed by atoms with van der Waals surface area (Å²) in [6.45, 7) is 6.14. The van der Waals surface area contributed by atoms with Crippen LogP contribution >= 0.6 is 15.9 Å². The summed E-state index contributed by atoms with van der Waals surface area (Å²) in [7, 11) is 0. The minimum atomic E-state index is -0.290. The van der Waals surface area contributed by atoms with Gasteiger partial charge in [-0.25, -0.2) is 9.38 Å². The molecule has 24 heavy (non-hydrogen) atoms. The number of fused-ring (bicyclic) bond motifs is 3. The molecule has 3 aliphatic heterocycles. The Morgan fingerprint density at radius 3 is 2.67 bits per heavy atom. The number of hydrogen-bond acceptors (Lipinski definition) is 4. The van der Waals surface area contributed by atoms with E-state index in [0.29, 0.717) is 10.2 Å². The number of amidine groups is 2. The molecular weight excluding hydrogens is 371 g/mol. The van der Waals surface area contributed by atoms with Gasteiger partial charge in [0.1, 0.15) is 5.82 Å². The number of halogens is 2. The molecule has 0 bridgehead atoms. The third kappa shape index (κ3) is 2.57. The number of aliphatic imine (C=N–C) groups is 2. The highest BCUT2D eigenvalue weighted by Gasteiger charge is 2.33. The van der Waals surface area contributed by atoms with Gasteiger partial charge in [0.25, 0.3) is 0 Å². The van der Waals surface area contributed by atoms with Gasteiger partial charge in [-0.1, -0.05) is 0 Å². The van der Waals surface area contributed by atoms with Crippen LogP contribution in [0, 0.1) is 5.82 Å². The zero-order valence-electron chi connectivity index (χ0n) is 13.9. The first-order valence-corrected chi connectivity index (χ1v) is 9.22. The van der Waals surface area contributed by atoms with E-state index in [-0.39, 0.29) is 11.9 Å². The topological polar surface area (TPSA) is 31.2 Å². The van der Waals surface area contributed by atoms with Crippen LogP contribution in [-0.4, -0.2) is 35.7 Å². The molecule has 126 valence electrons. The predicted molar refractivity (Wildman–Crippen MR) is 99.8 cm³/mol. The first kappa shape index (κ1) is 15.8. The molecule has 1 unspecified atom stereocenters. The Morgan fingerprint density at radius 1 is 1.17 bits per heavy atom. The molecule has 1 atom stereocenters. The molecule has 0 aliphatic carbocycles. The molecule has 0 aromatic heterocycles. The number of piperidine rings is 1. The summed E-state index contributed by atoms with van der Waals surface area (Å²) in [5.41, 5.74) is 2.72. The van der Waals surface area contributed by atoms with Gasteiger partial charge in [-0.15, -0.1) is 0 Å². The van der Waals surface area contributed by atoms with Gasteiger partial charge in [-0.05, 0) is 60.7 Å². The number of anilines is 1. The van der Waals surface area contributed by atoms with Crippen LogP contribution in [0.4, 0.5) is 15.8 Å². The van der Waals surface area contributed by atoms with Crippen molar-refractivity contribution in [3.05, 3.63) is 34.2 Å². The number of hydrogen-bond donors (Lipinski definition) is 0. The number of rotatable bonds is 0. The van der Waals surface area contributed by atoms with E-state index in [1.54, 1.807) is 6.07 Å². The predicted octanol–water partition coefficient (Wildman–Crippen LogP) is 4.63. The molecule has 1 aromatic rings. The fraction of sp³-hybridized carbons (Fsp3) is 0.444. The van der Waals surface area contributed by atoms with E-state index >= 15 is 0 Å². The van der Waals surface area contributed by atoms with Crippen molar-refractivity contribution < 1.29 is 4.39 Å². The molecule has 4 nitrogen and oxygen atoms in total. The van der Waals surface area contributed by atoms with Crippen molar-refractivity contribution in [2.45, 2.75) is 39.2 Å².